The molecule has 32 heavy (non-hydrogen) atoms. The second kappa shape index (κ2) is 9.86. The average molecular weight is 497 g/mol. The summed E-state index contributed by atoms with van der Waals surface area (Å²) < 4.78 is 8.20. The van der Waals surface area contributed by atoms with E-state index in [1.165, 1.54) is 11.1 Å². The molecule has 4 rings (SSSR count). The number of benzene rings is 2. The smallest absolute Gasteiger partial charge is 0.282 e. The van der Waals surface area contributed by atoms with Crippen molar-refractivity contribution in [3.8, 4) is 5.75 Å². The number of anilines is 1. The van der Waals surface area contributed by atoms with Gasteiger partial charge in [-0.05, 0) is 50.1 Å². The van der Waals surface area contributed by atoms with E-state index in [2.05, 4.69) is 21.0 Å². The largest absolute Gasteiger partial charge is 0.493 e. The van der Waals surface area contributed by atoms with Crippen LogP contribution < -0.4 is 15.2 Å². The summed E-state index contributed by atoms with van der Waals surface area (Å²) in [7, 11) is 3.99. The van der Waals surface area contributed by atoms with Gasteiger partial charge in [0.05, 0.1) is 23.7 Å². The van der Waals surface area contributed by atoms with Crippen molar-refractivity contribution in [2.45, 2.75) is 44.9 Å². The first-order valence-electron chi connectivity index (χ1n) is 11.2. The van der Waals surface area contributed by atoms with Gasteiger partial charge >= 0.3 is 0 Å². The van der Waals surface area contributed by atoms with Crippen LogP contribution >= 0.6 is 15.9 Å². The third kappa shape index (κ3) is 4.72. The highest BCUT2D eigenvalue weighted by Gasteiger charge is 2.22. The molecule has 0 N–H and O–H groups in total. The second-order valence-electron chi connectivity index (χ2n) is 8.38. The van der Waals surface area contributed by atoms with Gasteiger partial charge in [-0.2, -0.15) is 9.78 Å². The molecule has 0 bridgehead atoms. The SMILES string of the molecule is CCOc1cc(N(C)C)ccc1C=Nn1c(C2CCCCC2)nc2ccc(Br)cc2c1=O. The average Bonchev–Trinajstić information content (AvgIpc) is 2.80. The van der Waals surface area contributed by atoms with Crippen molar-refractivity contribution in [1.82, 2.24) is 9.66 Å². The number of nitrogens with zero attached hydrogens (tertiary/aromatic N) is 4. The molecule has 0 atom stereocenters. The normalized spacial score (nSPS) is 14.9. The molecule has 0 saturated heterocycles. The van der Waals surface area contributed by atoms with Crippen LogP contribution in [0.1, 0.15) is 56.3 Å². The lowest BCUT2D eigenvalue weighted by Crippen LogP contribution is -2.25. The van der Waals surface area contributed by atoms with E-state index in [4.69, 9.17) is 9.72 Å². The van der Waals surface area contributed by atoms with Crippen LogP contribution in [0, 0.1) is 0 Å². The summed E-state index contributed by atoms with van der Waals surface area (Å²) in [5.74, 6) is 1.74. The van der Waals surface area contributed by atoms with E-state index in [0.29, 0.717) is 12.0 Å². The fourth-order valence-electron chi connectivity index (χ4n) is 4.21. The van der Waals surface area contributed by atoms with Gasteiger partial charge < -0.3 is 9.64 Å². The molecule has 0 amide bonds. The van der Waals surface area contributed by atoms with Gasteiger partial charge in [-0.15, -0.1) is 0 Å². The molecule has 6 nitrogen and oxygen atoms in total. The maximum atomic E-state index is 13.5. The minimum Gasteiger partial charge on any atom is -0.493 e. The van der Waals surface area contributed by atoms with Crippen molar-refractivity contribution >= 4 is 38.7 Å². The third-order valence-electron chi connectivity index (χ3n) is 5.93. The molecule has 0 radical (unpaired) electrons. The Hall–Kier alpha value is -2.67. The molecule has 1 heterocycles. The van der Waals surface area contributed by atoms with Gasteiger partial charge in [-0.3, -0.25) is 4.79 Å². The van der Waals surface area contributed by atoms with E-state index in [0.717, 1.165) is 58.5 Å². The molecule has 0 spiro atoms. The molecule has 1 aliphatic rings. The summed E-state index contributed by atoms with van der Waals surface area (Å²) in [6.45, 7) is 2.51. The molecular formula is C25H29BrN4O2. The number of hydrogen-bond acceptors (Lipinski definition) is 5. The molecular weight excluding hydrogens is 468 g/mol. The summed E-state index contributed by atoms with van der Waals surface area (Å²) in [4.78, 5) is 20.4. The Morgan fingerprint density at radius 2 is 1.97 bits per heavy atom. The van der Waals surface area contributed by atoms with Gasteiger partial charge in [0, 0.05) is 41.8 Å². The molecule has 0 aliphatic heterocycles. The van der Waals surface area contributed by atoms with Crippen molar-refractivity contribution < 1.29 is 4.74 Å². The predicted molar refractivity (Wildman–Crippen MR) is 134 cm³/mol. The van der Waals surface area contributed by atoms with Crippen LogP contribution in [0.5, 0.6) is 5.75 Å². The Bertz CT molecular complexity index is 1200. The fraction of sp³-hybridized carbons (Fsp3) is 0.400. The highest BCUT2D eigenvalue weighted by molar-refractivity contribution is 9.10. The van der Waals surface area contributed by atoms with Gasteiger partial charge in [-0.25, -0.2) is 4.98 Å². The minimum atomic E-state index is -0.143. The number of aromatic nitrogens is 2. The summed E-state index contributed by atoms with van der Waals surface area (Å²) in [6.07, 6.45) is 7.33. The van der Waals surface area contributed by atoms with Crippen LogP contribution in [0.25, 0.3) is 10.9 Å². The van der Waals surface area contributed by atoms with Crippen molar-refractivity contribution in [3.63, 3.8) is 0 Å². The molecule has 168 valence electrons. The number of hydrogen-bond donors (Lipinski definition) is 0. The molecule has 3 aromatic rings. The lowest BCUT2D eigenvalue weighted by molar-refractivity contribution is 0.340. The topological polar surface area (TPSA) is 59.7 Å². The van der Waals surface area contributed by atoms with Crippen molar-refractivity contribution in [2.24, 2.45) is 5.10 Å². The van der Waals surface area contributed by atoms with Crippen LogP contribution in [-0.2, 0) is 0 Å². The van der Waals surface area contributed by atoms with E-state index in [1.807, 2.05) is 62.3 Å². The van der Waals surface area contributed by atoms with Gasteiger partial charge in [0.25, 0.3) is 5.56 Å². The Kier molecular flexibility index (Phi) is 6.94. The van der Waals surface area contributed by atoms with E-state index in [9.17, 15) is 4.79 Å². The van der Waals surface area contributed by atoms with Crippen molar-refractivity contribution in [3.05, 3.63) is 62.6 Å². The van der Waals surface area contributed by atoms with Crippen molar-refractivity contribution in [1.29, 1.82) is 0 Å². The van der Waals surface area contributed by atoms with Crippen LogP contribution in [0.3, 0.4) is 0 Å². The quantitative estimate of drug-likeness (QED) is 0.419. The zero-order valence-electron chi connectivity index (χ0n) is 18.8. The summed E-state index contributed by atoms with van der Waals surface area (Å²) in [6, 6.07) is 11.6. The zero-order chi connectivity index (χ0) is 22.7. The Labute approximate surface area is 197 Å². The zero-order valence-corrected chi connectivity index (χ0v) is 20.4. The number of rotatable bonds is 6. The van der Waals surface area contributed by atoms with Gasteiger partial charge in [-0.1, -0.05) is 35.2 Å². The first-order chi connectivity index (χ1) is 15.5. The van der Waals surface area contributed by atoms with Gasteiger partial charge in [0.1, 0.15) is 11.6 Å². The van der Waals surface area contributed by atoms with Crippen molar-refractivity contribution in [2.75, 3.05) is 25.6 Å². The first kappa shape index (κ1) is 22.5. The van der Waals surface area contributed by atoms with Gasteiger partial charge in [0.15, 0.2) is 0 Å². The predicted octanol–water partition coefficient (Wildman–Crippen LogP) is 5.55. The molecule has 1 fully saturated rings. The maximum Gasteiger partial charge on any atom is 0.282 e. The molecule has 7 heteroatoms. The van der Waals surface area contributed by atoms with Crippen LogP contribution in [-0.4, -0.2) is 36.6 Å². The Morgan fingerprint density at radius 3 is 2.69 bits per heavy atom. The molecule has 0 unspecified atom stereocenters. The van der Waals surface area contributed by atoms with Crippen LogP contribution in [0.2, 0.25) is 0 Å². The van der Waals surface area contributed by atoms with Crippen LogP contribution in [0.4, 0.5) is 5.69 Å². The summed E-state index contributed by atoms with van der Waals surface area (Å²) >= 11 is 3.47. The Morgan fingerprint density at radius 1 is 1.19 bits per heavy atom. The summed E-state index contributed by atoms with van der Waals surface area (Å²) in [5.41, 5.74) is 2.45. The van der Waals surface area contributed by atoms with Gasteiger partial charge in [0.2, 0.25) is 0 Å². The monoisotopic (exact) mass is 496 g/mol. The molecule has 2 aromatic carbocycles. The standard InChI is InChI=1S/C25H29BrN4O2/c1-4-32-23-15-20(29(2)3)12-10-18(23)16-27-30-24(17-8-6-5-7-9-17)28-22-13-11-19(26)14-21(22)25(30)31/h10-17H,4-9H2,1-3H3. The highest BCUT2D eigenvalue weighted by atomic mass is 79.9. The lowest BCUT2D eigenvalue weighted by Gasteiger charge is -2.23. The second-order valence-corrected chi connectivity index (χ2v) is 9.29. The molecule has 1 saturated carbocycles. The molecule has 1 aliphatic carbocycles. The van der Waals surface area contributed by atoms with E-state index >= 15 is 0 Å². The third-order valence-corrected chi connectivity index (χ3v) is 6.42. The van der Waals surface area contributed by atoms with E-state index in [1.54, 1.807) is 6.21 Å². The van der Waals surface area contributed by atoms with E-state index in [-0.39, 0.29) is 11.5 Å². The minimum absolute atomic E-state index is 0.143. The highest BCUT2D eigenvalue weighted by Crippen LogP contribution is 2.32. The van der Waals surface area contributed by atoms with Crippen LogP contribution in [0.15, 0.2) is 50.8 Å². The first-order valence-corrected chi connectivity index (χ1v) is 12.0. The maximum absolute atomic E-state index is 13.5. The number of ether oxygens (including phenoxy) is 1. The lowest BCUT2D eigenvalue weighted by atomic mass is 9.88. The Balaban J connectivity index is 1.83. The number of fused-ring (bicyclic) bond motifs is 1. The summed E-state index contributed by atoms with van der Waals surface area (Å²) in [5, 5.41) is 5.22. The van der Waals surface area contributed by atoms with E-state index < -0.39 is 0 Å². The fourth-order valence-corrected chi connectivity index (χ4v) is 4.57. The number of halogens is 1. The molecule has 1 aromatic heterocycles.